The lowest BCUT2D eigenvalue weighted by atomic mass is 10.1. The number of guanidine groups is 1. The predicted octanol–water partition coefficient (Wildman–Crippen LogP) is 2.00. The average molecular weight is 260 g/mol. The first-order valence-electron chi connectivity index (χ1n) is 6.44. The first-order valence-corrected chi connectivity index (χ1v) is 6.44. The van der Waals surface area contributed by atoms with Gasteiger partial charge in [-0.15, -0.1) is 0 Å². The Morgan fingerprint density at radius 3 is 2.79 bits per heavy atom. The summed E-state index contributed by atoms with van der Waals surface area (Å²) in [7, 11) is 0. The Bertz CT molecular complexity index is 513. The molecule has 2 rings (SSSR count). The molecule has 0 amide bonds. The van der Waals surface area contributed by atoms with Crippen LogP contribution in [0, 0.1) is 17.1 Å². The number of benzene rings is 1. The van der Waals surface area contributed by atoms with Crippen LogP contribution in [0.25, 0.3) is 0 Å². The third-order valence-corrected chi connectivity index (χ3v) is 3.27. The summed E-state index contributed by atoms with van der Waals surface area (Å²) in [6.45, 7) is 2.00. The van der Waals surface area contributed by atoms with Crippen LogP contribution < -0.4 is 5.73 Å². The van der Waals surface area contributed by atoms with Crippen molar-refractivity contribution in [1.82, 2.24) is 4.90 Å². The first kappa shape index (κ1) is 13.3. The minimum absolute atomic E-state index is 0.170. The highest BCUT2D eigenvalue weighted by molar-refractivity contribution is 5.78. The van der Waals surface area contributed by atoms with Crippen LogP contribution in [-0.4, -0.2) is 23.9 Å². The molecule has 0 spiro atoms. The molecule has 100 valence electrons. The summed E-state index contributed by atoms with van der Waals surface area (Å²) in [6.07, 6.45) is 3.46. The van der Waals surface area contributed by atoms with E-state index < -0.39 is 0 Å². The maximum absolute atomic E-state index is 13.6. The van der Waals surface area contributed by atoms with Gasteiger partial charge in [-0.25, -0.2) is 9.38 Å². The Morgan fingerprint density at radius 2 is 2.11 bits per heavy atom. The van der Waals surface area contributed by atoms with Gasteiger partial charge in [0.1, 0.15) is 5.82 Å². The molecule has 4 nitrogen and oxygen atoms in total. The molecule has 1 aliphatic rings. The predicted molar refractivity (Wildman–Crippen MR) is 71.9 cm³/mol. The second-order valence-electron chi connectivity index (χ2n) is 4.64. The van der Waals surface area contributed by atoms with Crippen LogP contribution in [0.15, 0.2) is 23.2 Å². The fourth-order valence-electron chi connectivity index (χ4n) is 2.15. The molecular weight excluding hydrogens is 243 g/mol. The highest BCUT2D eigenvalue weighted by Gasteiger charge is 2.12. The van der Waals surface area contributed by atoms with Crippen molar-refractivity contribution in [3.8, 4) is 6.07 Å². The highest BCUT2D eigenvalue weighted by atomic mass is 19.1. The van der Waals surface area contributed by atoms with Crippen molar-refractivity contribution in [3.63, 3.8) is 0 Å². The zero-order valence-corrected chi connectivity index (χ0v) is 10.8. The Labute approximate surface area is 112 Å². The van der Waals surface area contributed by atoms with Crippen LogP contribution in [0.4, 0.5) is 4.39 Å². The number of nitrogens with two attached hydrogens (primary N) is 1. The van der Waals surface area contributed by atoms with E-state index in [-0.39, 0.29) is 12.4 Å². The molecule has 0 saturated carbocycles. The molecule has 19 heavy (non-hydrogen) atoms. The molecule has 5 heteroatoms. The Hall–Kier alpha value is -2.09. The fraction of sp³-hybridized carbons (Fsp3) is 0.429. The minimum Gasteiger partial charge on any atom is -0.370 e. The van der Waals surface area contributed by atoms with Gasteiger partial charge in [-0.2, -0.15) is 5.26 Å². The molecule has 0 radical (unpaired) electrons. The van der Waals surface area contributed by atoms with Crippen LogP contribution in [-0.2, 0) is 6.54 Å². The number of hydrogen-bond donors (Lipinski definition) is 1. The lowest BCUT2D eigenvalue weighted by Crippen LogP contribution is -2.40. The van der Waals surface area contributed by atoms with Crippen LogP contribution in [0.3, 0.4) is 0 Å². The topological polar surface area (TPSA) is 65.4 Å². The molecule has 0 unspecified atom stereocenters. The van der Waals surface area contributed by atoms with Gasteiger partial charge in [0.15, 0.2) is 5.96 Å². The zero-order valence-electron chi connectivity index (χ0n) is 10.8. The molecule has 1 heterocycles. The molecule has 1 aliphatic heterocycles. The molecule has 1 saturated heterocycles. The monoisotopic (exact) mass is 260 g/mol. The van der Waals surface area contributed by atoms with E-state index in [2.05, 4.69) is 4.99 Å². The van der Waals surface area contributed by atoms with Gasteiger partial charge in [0.05, 0.1) is 18.2 Å². The van der Waals surface area contributed by atoms with Crippen molar-refractivity contribution in [2.24, 2.45) is 10.7 Å². The second kappa shape index (κ2) is 6.19. The molecule has 0 aromatic heterocycles. The third kappa shape index (κ3) is 3.44. The van der Waals surface area contributed by atoms with Gasteiger partial charge in [0.2, 0.25) is 0 Å². The highest BCUT2D eigenvalue weighted by Crippen LogP contribution is 2.12. The maximum Gasteiger partial charge on any atom is 0.191 e. The molecule has 1 aromatic rings. The average Bonchev–Trinajstić information content (AvgIpc) is 2.47. The van der Waals surface area contributed by atoms with Gasteiger partial charge in [-0.3, -0.25) is 0 Å². The number of rotatable bonds is 2. The van der Waals surface area contributed by atoms with E-state index in [1.54, 1.807) is 0 Å². The van der Waals surface area contributed by atoms with E-state index in [9.17, 15) is 4.39 Å². The van der Waals surface area contributed by atoms with Gasteiger partial charge in [0.25, 0.3) is 0 Å². The van der Waals surface area contributed by atoms with Crippen molar-refractivity contribution in [2.45, 2.75) is 25.8 Å². The number of hydrogen-bond acceptors (Lipinski definition) is 2. The van der Waals surface area contributed by atoms with Gasteiger partial charge in [-0.05, 0) is 37.5 Å². The second-order valence-corrected chi connectivity index (χ2v) is 4.64. The number of piperidine rings is 1. The summed E-state index contributed by atoms with van der Waals surface area (Å²) < 4.78 is 13.6. The summed E-state index contributed by atoms with van der Waals surface area (Å²) in [5, 5.41) is 8.79. The van der Waals surface area contributed by atoms with Crippen molar-refractivity contribution in [2.75, 3.05) is 13.1 Å². The number of nitrogens with zero attached hydrogens (tertiary/aromatic N) is 3. The van der Waals surface area contributed by atoms with Crippen LogP contribution in [0.2, 0.25) is 0 Å². The van der Waals surface area contributed by atoms with Crippen LogP contribution in [0.5, 0.6) is 0 Å². The SMILES string of the molecule is N#Cc1ccc(F)c(CN=C(N)N2CCCCC2)c1. The smallest absolute Gasteiger partial charge is 0.191 e. The summed E-state index contributed by atoms with van der Waals surface area (Å²) in [5.74, 6) is 0.107. The van der Waals surface area contributed by atoms with Gasteiger partial charge >= 0.3 is 0 Å². The molecule has 2 N–H and O–H groups in total. The molecule has 0 aliphatic carbocycles. The summed E-state index contributed by atoms with van der Waals surface area (Å²) in [4.78, 5) is 6.25. The van der Waals surface area contributed by atoms with Crippen molar-refractivity contribution in [3.05, 3.63) is 35.1 Å². The number of likely N-dealkylation sites (tertiary alicyclic amines) is 1. The normalized spacial score (nSPS) is 16.2. The molecule has 0 atom stereocenters. The van der Waals surface area contributed by atoms with Gasteiger partial charge in [0, 0.05) is 18.7 Å². The summed E-state index contributed by atoms with van der Waals surface area (Å²) >= 11 is 0. The van der Waals surface area contributed by atoms with E-state index in [1.165, 1.54) is 24.6 Å². The van der Waals surface area contributed by atoms with E-state index in [0.29, 0.717) is 17.1 Å². The number of aliphatic imine (C=N–C) groups is 1. The van der Waals surface area contributed by atoms with E-state index in [4.69, 9.17) is 11.0 Å². The summed E-state index contributed by atoms with van der Waals surface area (Å²) in [5.41, 5.74) is 6.74. The number of halogens is 1. The maximum atomic E-state index is 13.6. The molecule has 1 fully saturated rings. The Morgan fingerprint density at radius 1 is 1.37 bits per heavy atom. The quantitative estimate of drug-likeness (QED) is 0.653. The van der Waals surface area contributed by atoms with Crippen LogP contribution >= 0.6 is 0 Å². The Kier molecular flexibility index (Phi) is 4.35. The standard InChI is InChI=1S/C14H17FN4/c15-13-5-4-11(9-16)8-12(13)10-18-14(17)19-6-2-1-3-7-19/h4-5,8H,1-3,6-7,10H2,(H2,17,18). The van der Waals surface area contributed by atoms with E-state index in [0.717, 1.165) is 25.9 Å². The first-order chi connectivity index (χ1) is 9.20. The van der Waals surface area contributed by atoms with Gasteiger partial charge < -0.3 is 10.6 Å². The molecule has 1 aromatic carbocycles. The van der Waals surface area contributed by atoms with Crippen molar-refractivity contribution in [1.29, 1.82) is 5.26 Å². The lowest BCUT2D eigenvalue weighted by molar-refractivity contribution is 0.338. The molecular formula is C14H17FN4. The van der Waals surface area contributed by atoms with E-state index in [1.807, 2.05) is 11.0 Å². The third-order valence-electron chi connectivity index (χ3n) is 3.27. The largest absolute Gasteiger partial charge is 0.370 e. The summed E-state index contributed by atoms with van der Waals surface area (Å²) in [6, 6.07) is 6.25. The van der Waals surface area contributed by atoms with Gasteiger partial charge in [-0.1, -0.05) is 0 Å². The van der Waals surface area contributed by atoms with Crippen molar-refractivity contribution >= 4 is 5.96 Å². The van der Waals surface area contributed by atoms with Crippen molar-refractivity contribution < 1.29 is 4.39 Å². The number of nitriles is 1. The van der Waals surface area contributed by atoms with Crippen LogP contribution in [0.1, 0.15) is 30.4 Å². The minimum atomic E-state index is -0.353. The van der Waals surface area contributed by atoms with E-state index >= 15 is 0 Å². The Balaban J connectivity index is 2.06. The lowest BCUT2D eigenvalue weighted by Gasteiger charge is -2.27. The zero-order chi connectivity index (χ0) is 13.7. The fourth-order valence-corrected chi connectivity index (χ4v) is 2.15. The molecule has 0 bridgehead atoms.